The predicted molar refractivity (Wildman–Crippen MR) is 62.6 cm³/mol. The van der Waals surface area contributed by atoms with Gasteiger partial charge in [0.25, 0.3) is 5.91 Å². The molecule has 1 amide bonds. The first-order valence-electron chi connectivity index (χ1n) is 5.28. The van der Waals surface area contributed by atoms with Gasteiger partial charge in [0, 0.05) is 12.1 Å². The quantitative estimate of drug-likeness (QED) is 0.720. The van der Waals surface area contributed by atoms with Crippen LogP contribution >= 0.6 is 0 Å². The van der Waals surface area contributed by atoms with Crippen LogP contribution in [0.25, 0.3) is 0 Å². The molecule has 1 aromatic rings. The minimum atomic E-state index is 0.0269. The van der Waals surface area contributed by atoms with Gasteiger partial charge in [0.05, 0.1) is 0 Å². The highest BCUT2D eigenvalue weighted by atomic mass is 16.2. The molecule has 0 aromatic heterocycles. The van der Waals surface area contributed by atoms with Gasteiger partial charge in [0.1, 0.15) is 0 Å². The van der Waals surface area contributed by atoms with Crippen LogP contribution in [0.5, 0.6) is 0 Å². The number of nitrogens with zero attached hydrogens (tertiary/aromatic N) is 1. The van der Waals surface area contributed by atoms with E-state index >= 15 is 0 Å². The van der Waals surface area contributed by atoms with Crippen LogP contribution in [-0.4, -0.2) is 17.4 Å². The molecule has 0 saturated carbocycles. The lowest BCUT2D eigenvalue weighted by atomic mass is 10.2. The molecule has 1 rings (SSSR count). The van der Waals surface area contributed by atoms with Crippen LogP contribution in [0.15, 0.2) is 43.1 Å². The first kappa shape index (κ1) is 11.5. The number of hydrogen-bond acceptors (Lipinski definition) is 1. The summed E-state index contributed by atoms with van der Waals surface area (Å²) in [5, 5.41) is 0. The van der Waals surface area contributed by atoms with Crippen LogP contribution in [0.1, 0.15) is 30.1 Å². The molecule has 0 radical (unpaired) electrons. The maximum atomic E-state index is 11.9. The molecule has 0 bridgehead atoms. The van der Waals surface area contributed by atoms with Crippen molar-refractivity contribution in [2.45, 2.75) is 19.8 Å². The van der Waals surface area contributed by atoms with Crippen molar-refractivity contribution in [2.75, 3.05) is 6.54 Å². The normalized spacial score (nSPS) is 9.67. The highest BCUT2D eigenvalue weighted by molar-refractivity contribution is 5.94. The highest BCUT2D eigenvalue weighted by Crippen LogP contribution is 2.06. The number of hydrogen-bond donors (Lipinski definition) is 0. The van der Waals surface area contributed by atoms with E-state index in [0.717, 1.165) is 19.4 Å². The fourth-order valence-electron chi connectivity index (χ4n) is 1.35. The van der Waals surface area contributed by atoms with Gasteiger partial charge in [-0.15, -0.1) is 0 Å². The average Bonchev–Trinajstić information content (AvgIpc) is 2.31. The van der Waals surface area contributed by atoms with Crippen molar-refractivity contribution in [1.82, 2.24) is 4.90 Å². The number of unbranched alkanes of at least 4 members (excludes halogenated alkanes) is 1. The molecule has 0 aliphatic carbocycles. The van der Waals surface area contributed by atoms with Crippen molar-refractivity contribution < 1.29 is 4.79 Å². The van der Waals surface area contributed by atoms with E-state index in [0.29, 0.717) is 5.56 Å². The molecule has 2 nitrogen and oxygen atoms in total. The lowest BCUT2D eigenvalue weighted by Crippen LogP contribution is -2.26. The molecule has 0 spiro atoms. The highest BCUT2D eigenvalue weighted by Gasteiger charge is 2.11. The van der Waals surface area contributed by atoms with Crippen molar-refractivity contribution in [2.24, 2.45) is 0 Å². The second kappa shape index (κ2) is 6.02. The summed E-state index contributed by atoms with van der Waals surface area (Å²) in [5.74, 6) is 0.0269. The molecule has 0 saturated heterocycles. The van der Waals surface area contributed by atoms with Gasteiger partial charge in [-0.1, -0.05) is 38.1 Å². The van der Waals surface area contributed by atoms with Crippen molar-refractivity contribution in [3.8, 4) is 0 Å². The van der Waals surface area contributed by atoms with E-state index < -0.39 is 0 Å². The molecule has 2 heteroatoms. The summed E-state index contributed by atoms with van der Waals surface area (Å²) >= 11 is 0. The Bertz CT molecular complexity index is 319. The van der Waals surface area contributed by atoms with E-state index in [9.17, 15) is 4.79 Å². The van der Waals surface area contributed by atoms with Crippen molar-refractivity contribution in [3.63, 3.8) is 0 Å². The first-order valence-corrected chi connectivity index (χ1v) is 5.28. The van der Waals surface area contributed by atoms with Gasteiger partial charge < -0.3 is 4.90 Å². The average molecular weight is 203 g/mol. The molecule has 1 aromatic carbocycles. The Hall–Kier alpha value is -1.57. The Morgan fingerprint density at radius 1 is 1.40 bits per heavy atom. The molecule has 0 N–H and O–H groups in total. The Morgan fingerprint density at radius 2 is 2.07 bits per heavy atom. The maximum Gasteiger partial charge on any atom is 0.257 e. The predicted octanol–water partition coefficient (Wildman–Crippen LogP) is 3.07. The molecule has 80 valence electrons. The zero-order valence-electron chi connectivity index (χ0n) is 9.15. The van der Waals surface area contributed by atoms with Gasteiger partial charge in [-0.3, -0.25) is 4.79 Å². The van der Waals surface area contributed by atoms with Gasteiger partial charge in [0.15, 0.2) is 0 Å². The van der Waals surface area contributed by atoms with Gasteiger partial charge in [-0.05, 0) is 24.8 Å². The summed E-state index contributed by atoms with van der Waals surface area (Å²) in [6, 6.07) is 9.29. The molecule has 0 fully saturated rings. The smallest absolute Gasteiger partial charge is 0.257 e. The molecule has 0 aliphatic rings. The first-order chi connectivity index (χ1) is 7.29. The van der Waals surface area contributed by atoms with Gasteiger partial charge in [-0.2, -0.15) is 0 Å². The van der Waals surface area contributed by atoms with E-state index in [4.69, 9.17) is 0 Å². The second-order valence-corrected chi connectivity index (χ2v) is 3.40. The Morgan fingerprint density at radius 3 is 2.60 bits per heavy atom. The fraction of sp³-hybridized carbons (Fsp3) is 0.308. The molecule has 0 atom stereocenters. The third kappa shape index (κ3) is 3.24. The lowest BCUT2D eigenvalue weighted by molar-refractivity contribution is 0.0821. The zero-order valence-corrected chi connectivity index (χ0v) is 9.15. The van der Waals surface area contributed by atoms with Crippen molar-refractivity contribution >= 4 is 5.91 Å². The molecule has 15 heavy (non-hydrogen) atoms. The number of rotatable bonds is 5. The van der Waals surface area contributed by atoms with Crippen molar-refractivity contribution in [3.05, 3.63) is 48.7 Å². The van der Waals surface area contributed by atoms with Crippen molar-refractivity contribution in [1.29, 1.82) is 0 Å². The Kier molecular flexibility index (Phi) is 4.61. The van der Waals surface area contributed by atoms with E-state index in [1.54, 1.807) is 11.1 Å². The minimum absolute atomic E-state index is 0.0269. The minimum Gasteiger partial charge on any atom is -0.316 e. The van der Waals surface area contributed by atoms with E-state index in [1.165, 1.54) is 0 Å². The largest absolute Gasteiger partial charge is 0.316 e. The number of amides is 1. The van der Waals surface area contributed by atoms with Crippen LogP contribution in [0.4, 0.5) is 0 Å². The molecule has 0 unspecified atom stereocenters. The van der Waals surface area contributed by atoms with Crippen LogP contribution < -0.4 is 0 Å². The standard InChI is InChI=1S/C13H17NO/c1-3-5-11-14(4-2)13(15)12-9-7-6-8-10-12/h4,6-10H,2-3,5,11H2,1H3. The maximum absolute atomic E-state index is 11.9. The molecule has 0 heterocycles. The summed E-state index contributed by atoms with van der Waals surface area (Å²) < 4.78 is 0. The summed E-state index contributed by atoms with van der Waals surface area (Å²) in [4.78, 5) is 13.6. The lowest BCUT2D eigenvalue weighted by Gasteiger charge is -2.17. The van der Waals surface area contributed by atoms with E-state index in [1.807, 2.05) is 30.3 Å². The third-order valence-corrected chi connectivity index (χ3v) is 2.25. The van der Waals surface area contributed by atoms with E-state index in [-0.39, 0.29) is 5.91 Å². The monoisotopic (exact) mass is 203 g/mol. The van der Waals surface area contributed by atoms with Gasteiger partial charge in [-0.25, -0.2) is 0 Å². The number of benzene rings is 1. The topological polar surface area (TPSA) is 20.3 Å². The zero-order chi connectivity index (χ0) is 11.1. The van der Waals surface area contributed by atoms with Crippen LogP contribution in [0, 0.1) is 0 Å². The third-order valence-electron chi connectivity index (χ3n) is 2.25. The molecular weight excluding hydrogens is 186 g/mol. The summed E-state index contributed by atoms with van der Waals surface area (Å²) in [6.45, 7) is 6.51. The molecule has 0 aliphatic heterocycles. The Labute approximate surface area is 91.2 Å². The SMILES string of the molecule is C=CN(CCCC)C(=O)c1ccccc1. The number of carbonyl (C=O) groups excluding carboxylic acids is 1. The summed E-state index contributed by atoms with van der Waals surface area (Å²) in [7, 11) is 0. The van der Waals surface area contributed by atoms with Crippen LogP contribution in [-0.2, 0) is 0 Å². The Balaban J connectivity index is 2.69. The van der Waals surface area contributed by atoms with Crippen LogP contribution in [0.2, 0.25) is 0 Å². The second-order valence-electron chi connectivity index (χ2n) is 3.40. The number of carbonyl (C=O) groups is 1. The van der Waals surface area contributed by atoms with Gasteiger partial charge >= 0.3 is 0 Å². The van der Waals surface area contributed by atoms with Crippen LogP contribution in [0.3, 0.4) is 0 Å². The summed E-state index contributed by atoms with van der Waals surface area (Å²) in [5.41, 5.74) is 0.716. The van der Waals surface area contributed by atoms with Gasteiger partial charge in [0.2, 0.25) is 0 Å². The van der Waals surface area contributed by atoms with E-state index in [2.05, 4.69) is 13.5 Å². The fourth-order valence-corrected chi connectivity index (χ4v) is 1.35. The molecular formula is C13H17NO. The summed E-state index contributed by atoms with van der Waals surface area (Å²) in [6.07, 6.45) is 3.68.